The number of carbonyl (C=O) groups excluding carboxylic acids is 1. The van der Waals surface area contributed by atoms with Gasteiger partial charge in [0.1, 0.15) is 11.6 Å². The zero-order valence-electron chi connectivity index (χ0n) is 10.9. The van der Waals surface area contributed by atoms with Gasteiger partial charge in [-0.15, -0.1) is 11.3 Å². The fourth-order valence-corrected chi connectivity index (χ4v) is 3.10. The minimum absolute atomic E-state index is 0.0366. The average Bonchev–Trinajstić information content (AvgIpc) is 2.93. The molecule has 0 atom stereocenters. The summed E-state index contributed by atoms with van der Waals surface area (Å²) in [6.07, 6.45) is 5.35. The first kappa shape index (κ1) is 13.6. The molecule has 0 saturated carbocycles. The molecule has 0 aromatic carbocycles. The summed E-state index contributed by atoms with van der Waals surface area (Å²) in [6.45, 7) is 2.18. The molecule has 0 bridgehead atoms. The van der Waals surface area contributed by atoms with Crippen LogP contribution in [0.4, 0.5) is 5.00 Å². The number of methoxy groups -OCH3 is 1. The Balaban J connectivity index is 2.14. The molecule has 4 nitrogen and oxygen atoms in total. The van der Waals surface area contributed by atoms with E-state index in [-0.39, 0.29) is 5.57 Å². The van der Waals surface area contributed by atoms with Gasteiger partial charge in [0.25, 0.3) is 0 Å². The van der Waals surface area contributed by atoms with E-state index >= 15 is 0 Å². The maximum atomic E-state index is 11.3. The topological polar surface area (TPSA) is 53.3 Å². The monoisotopic (exact) mass is 276 g/mol. The van der Waals surface area contributed by atoms with E-state index in [9.17, 15) is 4.79 Å². The Kier molecular flexibility index (Phi) is 4.58. The molecule has 2 heterocycles. The number of thiophene rings is 1. The molecule has 0 aliphatic carbocycles. The zero-order valence-corrected chi connectivity index (χ0v) is 11.7. The third-order valence-corrected chi connectivity index (χ3v) is 4.19. The van der Waals surface area contributed by atoms with Crippen LogP contribution in [0, 0.1) is 11.3 Å². The first-order chi connectivity index (χ1) is 9.24. The largest absolute Gasteiger partial charge is 0.465 e. The number of esters is 1. The van der Waals surface area contributed by atoms with Crippen LogP contribution in [0.5, 0.6) is 0 Å². The third kappa shape index (κ3) is 3.36. The van der Waals surface area contributed by atoms with Crippen molar-refractivity contribution in [2.45, 2.75) is 19.3 Å². The molecule has 1 aromatic rings. The number of piperidine rings is 1. The van der Waals surface area contributed by atoms with Crippen LogP contribution in [-0.2, 0) is 9.53 Å². The number of hydrogen-bond donors (Lipinski definition) is 0. The normalized spacial score (nSPS) is 16.0. The standard InChI is InChI=1S/C14H16N2O2S/c1-18-14(17)11(10-15)9-12-5-6-13(19-12)16-7-3-2-4-8-16/h5-6,9H,2-4,7-8H2,1H3/b11-9+. The van der Waals surface area contributed by atoms with Crippen LogP contribution in [0.15, 0.2) is 17.7 Å². The van der Waals surface area contributed by atoms with Crippen molar-refractivity contribution in [1.29, 1.82) is 5.26 Å². The molecule has 0 amide bonds. The van der Waals surface area contributed by atoms with Crippen LogP contribution in [0.25, 0.3) is 6.08 Å². The van der Waals surface area contributed by atoms with Gasteiger partial charge in [-0.05, 0) is 37.5 Å². The van der Waals surface area contributed by atoms with Crippen molar-refractivity contribution < 1.29 is 9.53 Å². The van der Waals surface area contributed by atoms with Crippen molar-refractivity contribution in [2.75, 3.05) is 25.1 Å². The summed E-state index contributed by atoms with van der Waals surface area (Å²) >= 11 is 1.60. The average molecular weight is 276 g/mol. The summed E-state index contributed by atoms with van der Waals surface area (Å²) in [7, 11) is 1.28. The van der Waals surface area contributed by atoms with Crippen molar-refractivity contribution in [3.8, 4) is 6.07 Å². The third-order valence-electron chi connectivity index (χ3n) is 3.09. The first-order valence-corrected chi connectivity index (χ1v) is 7.11. The van der Waals surface area contributed by atoms with E-state index in [1.807, 2.05) is 18.2 Å². The second-order valence-corrected chi connectivity index (χ2v) is 5.48. The Morgan fingerprint density at radius 2 is 2.16 bits per heavy atom. The Morgan fingerprint density at radius 3 is 2.79 bits per heavy atom. The summed E-state index contributed by atoms with van der Waals surface area (Å²) in [5, 5.41) is 10.1. The molecule has 1 saturated heterocycles. The van der Waals surface area contributed by atoms with Crippen molar-refractivity contribution in [3.05, 3.63) is 22.6 Å². The molecule has 0 unspecified atom stereocenters. The summed E-state index contributed by atoms with van der Waals surface area (Å²) in [5.74, 6) is -0.588. The van der Waals surface area contributed by atoms with Gasteiger partial charge in [-0.3, -0.25) is 0 Å². The highest BCUT2D eigenvalue weighted by atomic mass is 32.1. The second-order valence-electron chi connectivity index (χ2n) is 4.39. The molecule has 19 heavy (non-hydrogen) atoms. The molecule has 0 spiro atoms. The SMILES string of the molecule is COC(=O)/C(C#N)=C/c1ccc(N2CCCCC2)s1. The predicted octanol–water partition coefficient (Wildman–Crippen LogP) is 2.82. The number of anilines is 1. The first-order valence-electron chi connectivity index (χ1n) is 6.29. The van der Waals surface area contributed by atoms with Gasteiger partial charge >= 0.3 is 5.97 Å². The van der Waals surface area contributed by atoms with Gasteiger partial charge in [0, 0.05) is 18.0 Å². The minimum atomic E-state index is -0.588. The van der Waals surface area contributed by atoms with Crippen LogP contribution in [0.1, 0.15) is 24.1 Å². The Morgan fingerprint density at radius 1 is 1.42 bits per heavy atom. The van der Waals surface area contributed by atoms with Gasteiger partial charge in [-0.2, -0.15) is 5.26 Å². The lowest BCUT2D eigenvalue weighted by Crippen LogP contribution is -2.28. The maximum absolute atomic E-state index is 11.3. The van der Waals surface area contributed by atoms with Crippen LogP contribution in [0.2, 0.25) is 0 Å². The van der Waals surface area contributed by atoms with Crippen LogP contribution < -0.4 is 4.90 Å². The fraction of sp³-hybridized carbons (Fsp3) is 0.429. The molecule has 5 heteroatoms. The van der Waals surface area contributed by atoms with Crippen LogP contribution in [0.3, 0.4) is 0 Å². The van der Waals surface area contributed by atoms with Gasteiger partial charge in [0.05, 0.1) is 12.1 Å². The maximum Gasteiger partial charge on any atom is 0.348 e. The van der Waals surface area contributed by atoms with Gasteiger partial charge in [-0.1, -0.05) is 0 Å². The van der Waals surface area contributed by atoms with E-state index in [0.29, 0.717) is 0 Å². The van der Waals surface area contributed by atoms with Crippen molar-refractivity contribution in [3.63, 3.8) is 0 Å². The molecular formula is C14H16N2O2S. The van der Waals surface area contributed by atoms with E-state index in [4.69, 9.17) is 5.26 Å². The summed E-state index contributed by atoms with van der Waals surface area (Å²) in [5.41, 5.74) is 0.0366. The van der Waals surface area contributed by atoms with Gasteiger partial charge in [-0.25, -0.2) is 4.79 Å². The molecule has 100 valence electrons. The van der Waals surface area contributed by atoms with E-state index in [1.165, 1.54) is 31.4 Å². The van der Waals surface area contributed by atoms with E-state index in [2.05, 4.69) is 9.64 Å². The summed E-state index contributed by atoms with van der Waals surface area (Å²) in [6, 6.07) is 5.86. The molecule has 0 radical (unpaired) electrons. The van der Waals surface area contributed by atoms with Gasteiger partial charge < -0.3 is 9.64 Å². The molecule has 2 rings (SSSR count). The lowest BCUT2D eigenvalue weighted by molar-refractivity contribution is -0.135. The fourth-order valence-electron chi connectivity index (χ4n) is 2.09. The van der Waals surface area contributed by atoms with Crippen molar-refractivity contribution >= 4 is 28.4 Å². The second kappa shape index (κ2) is 6.39. The summed E-state index contributed by atoms with van der Waals surface area (Å²) < 4.78 is 4.56. The molecule has 1 aromatic heterocycles. The van der Waals surface area contributed by atoms with Gasteiger partial charge in [0.15, 0.2) is 0 Å². The number of nitrogens with zero attached hydrogens (tertiary/aromatic N) is 2. The quantitative estimate of drug-likeness (QED) is 0.484. The minimum Gasteiger partial charge on any atom is -0.465 e. The number of hydrogen-bond acceptors (Lipinski definition) is 5. The van der Waals surface area contributed by atoms with Crippen LogP contribution in [-0.4, -0.2) is 26.2 Å². The lowest BCUT2D eigenvalue weighted by atomic mass is 10.1. The Hall–Kier alpha value is -1.80. The Labute approximate surface area is 116 Å². The molecule has 1 aliphatic rings. The number of carbonyl (C=O) groups is 1. The highest BCUT2D eigenvalue weighted by Crippen LogP contribution is 2.29. The Bertz CT molecular complexity index is 522. The van der Waals surface area contributed by atoms with E-state index in [0.717, 1.165) is 18.0 Å². The molecular weight excluding hydrogens is 260 g/mol. The highest BCUT2D eigenvalue weighted by molar-refractivity contribution is 7.16. The van der Waals surface area contributed by atoms with E-state index in [1.54, 1.807) is 17.4 Å². The van der Waals surface area contributed by atoms with Crippen LogP contribution >= 0.6 is 11.3 Å². The lowest BCUT2D eigenvalue weighted by Gasteiger charge is -2.27. The smallest absolute Gasteiger partial charge is 0.348 e. The van der Waals surface area contributed by atoms with Gasteiger partial charge in [0.2, 0.25) is 0 Å². The van der Waals surface area contributed by atoms with Crippen molar-refractivity contribution in [2.24, 2.45) is 0 Å². The highest BCUT2D eigenvalue weighted by Gasteiger charge is 2.14. The number of rotatable bonds is 3. The predicted molar refractivity (Wildman–Crippen MR) is 76.0 cm³/mol. The molecule has 1 fully saturated rings. The van der Waals surface area contributed by atoms with E-state index < -0.39 is 5.97 Å². The summed E-state index contributed by atoms with van der Waals surface area (Å²) in [4.78, 5) is 14.6. The molecule has 0 N–H and O–H groups in total. The number of nitriles is 1. The number of ether oxygens (including phenoxy) is 1. The molecule has 1 aliphatic heterocycles. The van der Waals surface area contributed by atoms with Crippen molar-refractivity contribution in [1.82, 2.24) is 0 Å². The zero-order chi connectivity index (χ0) is 13.7.